The Kier molecular flexibility index (Phi) is 2.86. The summed E-state index contributed by atoms with van der Waals surface area (Å²) in [4.78, 5) is 10.9. The first-order valence-corrected chi connectivity index (χ1v) is 5.23. The van der Waals surface area contributed by atoms with Gasteiger partial charge in [-0.05, 0) is 29.7 Å². The number of rotatable bonds is 3. The molecular weight excluding hydrogens is 212 g/mol. The fourth-order valence-corrected chi connectivity index (χ4v) is 1.79. The Hall–Kier alpha value is -1.50. The zero-order chi connectivity index (χ0) is 11.7. The molecule has 1 aliphatic heterocycles. The fourth-order valence-electron chi connectivity index (χ4n) is 1.79. The van der Waals surface area contributed by atoms with Gasteiger partial charge in [-0.1, -0.05) is 6.92 Å². The number of carbonyl (C=O) groups is 1. The summed E-state index contributed by atoms with van der Waals surface area (Å²) in [7, 11) is 0. The van der Waals surface area contributed by atoms with E-state index >= 15 is 0 Å². The molecule has 1 saturated heterocycles. The van der Waals surface area contributed by atoms with Crippen molar-refractivity contribution in [1.82, 2.24) is 20.2 Å². The van der Waals surface area contributed by atoms with Crippen molar-refractivity contribution in [3.05, 3.63) is 5.82 Å². The average molecular weight is 226 g/mol. The maximum absolute atomic E-state index is 10.9. The van der Waals surface area contributed by atoms with Gasteiger partial charge in [-0.3, -0.25) is 0 Å². The largest absolute Gasteiger partial charge is 0.480 e. The Labute approximate surface area is 92.4 Å². The summed E-state index contributed by atoms with van der Waals surface area (Å²) < 4.78 is 6.84. The smallest absolute Gasteiger partial charge is 0.328 e. The Balaban J connectivity index is 2.28. The molecule has 2 heterocycles. The molecule has 0 bridgehead atoms. The van der Waals surface area contributed by atoms with E-state index in [1.807, 2.05) is 6.92 Å². The highest BCUT2D eigenvalue weighted by molar-refractivity contribution is 5.71. The van der Waals surface area contributed by atoms with Crippen molar-refractivity contribution in [3.8, 4) is 0 Å². The van der Waals surface area contributed by atoms with Gasteiger partial charge in [0.2, 0.25) is 0 Å². The number of tetrazole rings is 1. The van der Waals surface area contributed by atoms with Gasteiger partial charge in [0, 0.05) is 6.61 Å². The first kappa shape index (κ1) is 11.0. The van der Waals surface area contributed by atoms with Gasteiger partial charge in [0.15, 0.2) is 11.9 Å². The molecule has 0 radical (unpaired) electrons. The molecule has 7 heteroatoms. The van der Waals surface area contributed by atoms with E-state index in [0.717, 1.165) is 6.42 Å². The standard InChI is InChI=1S/C9H14N4O3/c1-5-3-4-16-7(5)8-10-11-12-13(8)6(2)9(14)15/h5-7H,3-4H2,1-2H3,(H,14,15). The molecule has 2 rings (SSSR count). The maximum atomic E-state index is 10.9. The molecule has 1 fully saturated rings. The van der Waals surface area contributed by atoms with Crippen LogP contribution in [0, 0.1) is 5.92 Å². The maximum Gasteiger partial charge on any atom is 0.328 e. The number of aromatic nitrogens is 4. The number of hydrogen-bond donors (Lipinski definition) is 1. The van der Waals surface area contributed by atoms with Gasteiger partial charge in [-0.2, -0.15) is 0 Å². The molecular formula is C9H14N4O3. The number of aliphatic carboxylic acids is 1. The average Bonchev–Trinajstić information content (AvgIpc) is 2.84. The molecule has 1 aromatic heterocycles. The van der Waals surface area contributed by atoms with E-state index in [2.05, 4.69) is 15.5 Å². The van der Waals surface area contributed by atoms with Gasteiger partial charge in [0.1, 0.15) is 6.10 Å². The molecule has 7 nitrogen and oxygen atoms in total. The Morgan fingerprint density at radius 3 is 3.00 bits per heavy atom. The minimum absolute atomic E-state index is 0.197. The van der Waals surface area contributed by atoms with Gasteiger partial charge in [0.25, 0.3) is 0 Å². The van der Waals surface area contributed by atoms with Crippen LogP contribution in [0.1, 0.15) is 38.2 Å². The van der Waals surface area contributed by atoms with Crippen LogP contribution in [0.3, 0.4) is 0 Å². The minimum atomic E-state index is -0.959. The second-order valence-corrected chi connectivity index (χ2v) is 4.05. The lowest BCUT2D eigenvalue weighted by molar-refractivity contribution is -0.140. The fraction of sp³-hybridized carbons (Fsp3) is 0.778. The normalized spacial score (nSPS) is 26.9. The lowest BCUT2D eigenvalue weighted by Gasteiger charge is -2.15. The van der Waals surface area contributed by atoms with Crippen molar-refractivity contribution in [2.75, 3.05) is 6.61 Å². The van der Waals surface area contributed by atoms with E-state index in [-0.39, 0.29) is 6.10 Å². The zero-order valence-electron chi connectivity index (χ0n) is 9.20. The molecule has 88 valence electrons. The highest BCUT2D eigenvalue weighted by Crippen LogP contribution is 2.33. The summed E-state index contributed by atoms with van der Waals surface area (Å²) in [6.45, 7) is 4.25. The third kappa shape index (κ3) is 1.78. The molecule has 1 N–H and O–H groups in total. The molecule has 0 aliphatic carbocycles. The number of hydrogen-bond acceptors (Lipinski definition) is 5. The SMILES string of the molecule is CC1CCOC1c1nnnn1C(C)C(=O)O. The van der Waals surface area contributed by atoms with Gasteiger partial charge in [-0.15, -0.1) is 5.10 Å². The summed E-state index contributed by atoms with van der Waals surface area (Å²) >= 11 is 0. The number of carboxylic acid groups (broad SMARTS) is 1. The van der Waals surface area contributed by atoms with Crippen LogP contribution < -0.4 is 0 Å². The van der Waals surface area contributed by atoms with Crippen molar-refractivity contribution in [2.24, 2.45) is 5.92 Å². The molecule has 1 aliphatic rings. The third-order valence-electron chi connectivity index (χ3n) is 2.88. The third-order valence-corrected chi connectivity index (χ3v) is 2.88. The lowest BCUT2D eigenvalue weighted by atomic mass is 10.0. The number of carboxylic acids is 1. The Bertz CT molecular complexity index is 392. The van der Waals surface area contributed by atoms with Gasteiger partial charge >= 0.3 is 5.97 Å². The highest BCUT2D eigenvalue weighted by Gasteiger charge is 2.32. The van der Waals surface area contributed by atoms with E-state index in [1.54, 1.807) is 6.92 Å². The van der Waals surface area contributed by atoms with E-state index in [9.17, 15) is 4.79 Å². The van der Waals surface area contributed by atoms with Crippen LogP contribution in [0.5, 0.6) is 0 Å². The highest BCUT2D eigenvalue weighted by atomic mass is 16.5. The molecule has 16 heavy (non-hydrogen) atoms. The first-order chi connectivity index (χ1) is 7.61. The quantitative estimate of drug-likeness (QED) is 0.803. The van der Waals surface area contributed by atoms with Crippen molar-refractivity contribution >= 4 is 5.97 Å². The van der Waals surface area contributed by atoms with Crippen LogP contribution in [-0.2, 0) is 9.53 Å². The predicted molar refractivity (Wildman–Crippen MR) is 52.6 cm³/mol. The van der Waals surface area contributed by atoms with Crippen LogP contribution in [0.2, 0.25) is 0 Å². The second-order valence-electron chi connectivity index (χ2n) is 4.05. The Morgan fingerprint density at radius 1 is 1.69 bits per heavy atom. The zero-order valence-corrected chi connectivity index (χ0v) is 9.20. The monoisotopic (exact) mass is 226 g/mol. The van der Waals surface area contributed by atoms with E-state index < -0.39 is 12.0 Å². The minimum Gasteiger partial charge on any atom is -0.480 e. The molecule has 1 aromatic rings. The summed E-state index contributed by atoms with van der Waals surface area (Å²) in [5.41, 5.74) is 0. The molecule has 0 saturated carbocycles. The van der Waals surface area contributed by atoms with Crippen LogP contribution in [0.15, 0.2) is 0 Å². The Morgan fingerprint density at radius 2 is 2.44 bits per heavy atom. The summed E-state index contributed by atoms with van der Waals surface area (Å²) in [5.74, 6) is -0.148. The first-order valence-electron chi connectivity index (χ1n) is 5.23. The molecule has 0 spiro atoms. The van der Waals surface area contributed by atoms with Crippen molar-refractivity contribution < 1.29 is 14.6 Å². The molecule has 0 amide bonds. The summed E-state index contributed by atoms with van der Waals surface area (Å²) in [5, 5.41) is 20.0. The van der Waals surface area contributed by atoms with E-state index in [1.165, 1.54) is 4.68 Å². The van der Waals surface area contributed by atoms with Gasteiger partial charge in [0.05, 0.1) is 0 Å². The lowest BCUT2D eigenvalue weighted by Crippen LogP contribution is -2.22. The van der Waals surface area contributed by atoms with E-state index in [0.29, 0.717) is 18.3 Å². The molecule has 3 unspecified atom stereocenters. The van der Waals surface area contributed by atoms with Gasteiger partial charge in [-0.25, -0.2) is 9.48 Å². The van der Waals surface area contributed by atoms with E-state index in [4.69, 9.17) is 9.84 Å². The molecule has 3 atom stereocenters. The van der Waals surface area contributed by atoms with Crippen molar-refractivity contribution in [3.63, 3.8) is 0 Å². The van der Waals surface area contributed by atoms with Crippen molar-refractivity contribution in [1.29, 1.82) is 0 Å². The van der Waals surface area contributed by atoms with Crippen LogP contribution >= 0.6 is 0 Å². The predicted octanol–water partition coefficient (Wildman–Crippen LogP) is 0.416. The van der Waals surface area contributed by atoms with Crippen LogP contribution in [0.4, 0.5) is 0 Å². The topological polar surface area (TPSA) is 90.1 Å². The summed E-state index contributed by atoms with van der Waals surface area (Å²) in [6, 6.07) is -0.776. The van der Waals surface area contributed by atoms with Crippen molar-refractivity contribution in [2.45, 2.75) is 32.4 Å². The van der Waals surface area contributed by atoms with Crippen LogP contribution in [0.25, 0.3) is 0 Å². The van der Waals surface area contributed by atoms with Gasteiger partial charge < -0.3 is 9.84 Å². The number of nitrogens with zero attached hydrogens (tertiary/aromatic N) is 4. The molecule has 0 aromatic carbocycles. The summed E-state index contributed by atoms with van der Waals surface area (Å²) in [6.07, 6.45) is 0.746. The second kappa shape index (κ2) is 4.17. The number of ether oxygens (including phenoxy) is 1. The van der Waals surface area contributed by atoms with Crippen LogP contribution in [-0.4, -0.2) is 37.9 Å².